The largest absolute Gasteiger partial charge is 0.381 e. The molecule has 0 atom stereocenters. The smallest absolute Gasteiger partial charge is 0.265 e. The highest BCUT2D eigenvalue weighted by molar-refractivity contribution is 7.17. The van der Waals surface area contributed by atoms with Crippen LogP contribution in [-0.4, -0.2) is 34.5 Å². The van der Waals surface area contributed by atoms with Crippen molar-refractivity contribution in [2.75, 3.05) is 18.9 Å². The molecule has 0 spiro atoms. The van der Waals surface area contributed by atoms with Crippen LogP contribution >= 0.6 is 11.3 Å². The zero-order valence-electron chi connectivity index (χ0n) is 17.3. The van der Waals surface area contributed by atoms with Gasteiger partial charge < -0.3 is 14.7 Å². The van der Waals surface area contributed by atoms with Gasteiger partial charge >= 0.3 is 0 Å². The highest BCUT2D eigenvalue weighted by Gasteiger charge is 2.19. The Hall–Kier alpha value is -3.19. The first-order chi connectivity index (χ1) is 14.5. The summed E-state index contributed by atoms with van der Waals surface area (Å²) in [5, 5.41) is 9.17. The number of fused-ring (bicyclic) bond motifs is 1. The van der Waals surface area contributed by atoms with Gasteiger partial charge in [-0.2, -0.15) is 0 Å². The number of carbonyl (C=O) groups is 1. The van der Waals surface area contributed by atoms with Gasteiger partial charge in [0.25, 0.3) is 5.91 Å². The summed E-state index contributed by atoms with van der Waals surface area (Å²) in [5.41, 5.74) is 3.51. The number of aromatic nitrogens is 2. The van der Waals surface area contributed by atoms with Crippen molar-refractivity contribution in [3.8, 4) is 10.7 Å². The Bertz CT molecular complexity index is 1150. The van der Waals surface area contributed by atoms with E-state index in [4.69, 9.17) is 4.52 Å². The standard InChI is InChI=1S/C23H24N4O2S/c1-15(2)14-27(3)23(28)20-13-25-22(30-20)21-18-10-9-17(11-19(18)29-26-21)24-12-16-7-5-4-6-8-16/h4-11,13,15,24H,12,14H2,1-3H3. The molecule has 0 bridgehead atoms. The Morgan fingerprint density at radius 2 is 2.00 bits per heavy atom. The van der Waals surface area contributed by atoms with Crippen molar-refractivity contribution >= 4 is 33.9 Å². The molecule has 2 aromatic heterocycles. The molecule has 1 N–H and O–H groups in total. The third-order valence-electron chi connectivity index (χ3n) is 4.72. The van der Waals surface area contributed by atoms with Gasteiger partial charge in [0.05, 0.1) is 11.6 Å². The second kappa shape index (κ2) is 8.67. The van der Waals surface area contributed by atoms with Crippen LogP contribution in [0.3, 0.4) is 0 Å². The number of benzene rings is 2. The first kappa shape index (κ1) is 20.1. The lowest BCUT2D eigenvalue weighted by Crippen LogP contribution is -2.29. The highest BCUT2D eigenvalue weighted by atomic mass is 32.1. The van der Waals surface area contributed by atoms with Crippen LogP contribution in [0.1, 0.15) is 29.1 Å². The topological polar surface area (TPSA) is 71.3 Å². The molecule has 154 valence electrons. The number of rotatable bonds is 7. The van der Waals surface area contributed by atoms with E-state index in [1.165, 1.54) is 16.9 Å². The van der Waals surface area contributed by atoms with Crippen LogP contribution in [-0.2, 0) is 6.54 Å². The molecule has 0 saturated carbocycles. The number of anilines is 1. The van der Waals surface area contributed by atoms with Gasteiger partial charge in [0.2, 0.25) is 0 Å². The minimum atomic E-state index is -0.0207. The van der Waals surface area contributed by atoms with Gasteiger partial charge in [-0.3, -0.25) is 4.79 Å². The summed E-state index contributed by atoms with van der Waals surface area (Å²) in [4.78, 5) is 19.4. The number of amides is 1. The second-order valence-corrected chi connectivity index (χ2v) is 8.72. The van der Waals surface area contributed by atoms with Crippen LogP contribution in [0.2, 0.25) is 0 Å². The molecule has 2 aromatic carbocycles. The van der Waals surface area contributed by atoms with Crippen molar-refractivity contribution in [1.29, 1.82) is 0 Å². The van der Waals surface area contributed by atoms with Crippen LogP contribution < -0.4 is 5.32 Å². The average Bonchev–Trinajstić information content (AvgIpc) is 3.38. The molecule has 4 aromatic rings. The summed E-state index contributed by atoms with van der Waals surface area (Å²) in [6.45, 7) is 5.62. The molecule has 1 amide bonds. The van der Waals surface area contributed by atoms with Gasteiger partial charge in [0, 0.05) is 31.9 Å². The summed E-state index contributed by atoms with van der Waals surface area (Å²) in [6.07, 6.45) is 1.62. The minimum absolute atomic E-state index is 0.0207. The Morgan fingerprint density at radius 1 is 1.20 bits per heavy atom. The Labute approximate surface area is 179 Å². The van der Waals surface area contributed by atoms with Crippen LogP contribution in [0, 0.1) is 5.92 Å². The van der Waals surface area contributed by atoms with Gasteiger partial charge in [-0.15, -0.1) is 11.3 Å². The zero-order valence-corrected chi connectivity index (χ0v) is 18.1. The van der Waals surface area contributed by atoms with Gasteiger partial charge in [0.15, 0.2) is 5.58 Å². The molecule has 30 heavy (non-hydrogen) atoms. The molecule has 0 unspecified atom stereocenters. The van der Waals surface area contributed by atoms with Gasteiger partial charge in [-0.1, -0.05) is 49.3 Å². The van der Waals surface area contributed by atoms with Gasteiger partial charge in [-0.05, 0) is 23.6 Å². The lowest BCUT2D eigenvalue weighted by Gasteiger charge is -2.18. The van der Waals surface area contributed by atoms with Crippen LogP contribution in [0.15, 0.2) is 59.3 Å². The van der Waals surface area contributed by atoms with E-state index in [2.05, 4.69) is 41.4 Å². The Morgan fingerprint density at radius 3 is 2.77 bits per heavy atom. The molecule has 7 heteroatoms. The molecule has 0 aliphatic heterocycles. The molecule has 0 saturated heterocycles. The maximum absolute atomic E-state index is 12.6. The van der Waals surface area contributed by atoms with E-state index in [0.29, 0.717) is 33.6 Å². The van der Waals surface area contributed by atoms with Gasteiger partial charge in [0.1, 0.15) is 15.6 Å². The summed E-state index contributed by atoms with van der Waals surface area (Å²) < 4.78 is 5.55. The molecule has 0 aliphatic carbocycles. The van der Waals surface area contributed by atoms with Crippen molar-refractivity contribution < 1.29 is 9.32 Å². The molecular formula is C23H24N4O2S. The second-order valence-electron chi connectivity index (χ2n) is 7.69. The summed E-state index contributed by atoms with van der Waals surface area (Å²) in [6, 6.07) is 16.1. The van der Waals surface area contributed by atoms with Crippen LogP contribution in [0.5, 0.6) is 0 Å². The van der Waals surface area contributed by atoms with E-state index in [0.717, 1.165) is 17.6 Å². The predicted molar refractivity (Wildman–Crippen MR) is 121 cm³/mol. The van der Waals surface area contributed by atoms with E-state index in [9.17, 15) is 4.79 Å². The first-order valence-electron chi connectivity index (χ1n) is 9.90. The molecule has 0 aliphatic rings. The number of nitrogens with one attached hydrogen (secondary N) is 1. The number of carbonyl (C=O) groups excluding carboxylic acids is 1. The number of hydrogen-bond donors (Lipinski definition) is 1. The van der Waals surface area contributed by atoms with Crippen molar-refractivity contribution in [2.24, 2.45) is 5.92 Å². The van der Waals surface area contributed by atoms with Crippen molar-refractivity contribution in [3.63, 3.8) is 0 Å². The van der Waals surface area contributed by atoms with E-state index in [1.807, 2.05) is 43.4 Å². The molecule has 0 fully saturated rings. The van der Waals surface area contributed by atoms with E-state index < -0.39 is 0 Å². The lowest BCUT2D eigenvalue weighted by atomic mass is 10.2. The monoisotopic (exact) mass is 420 g/mol. The fourth-order valence-electron chi connectivity index (χ4n) is 3.30. The normalized spacial score (nSPS) is 11.2. The third-order valence-corrected chi connectivity index (χ3v) is 5.71. The SMILES string of the molecule is CC(C)CN(C)C(=O)c1cnc(-c2noc3cc(NCc4ccccc4)ccc23)s1. The zero-order chi connectivity index (χ0) is 21.1. The van der Waals surface area contributed by atoms with E-state index >= 15 is 0 Å². The highest BCUT2D eigenvalue weighted by Crippen LogP contribution is 2.32. The molecule has 4 rings (SSSR count). The number of thiazole rings is 1. The molecule has 6 nitrogen and oxygen atoms in total. The summed E-state index contributed by atoms with van der Waals surface area (Å²) in [5.74, 6) is 0.392. The summed E-state index contributed by atoms with van der Waals surface area (Å²) in [7, 11) is 1.82. The van der Waals surface area contributed by atoms with Gasteiger partial charge in [-0.25, -0.2) is 4.98 Å². The number of hydrogen-bond acceptors (Lipinski definition) is 6. The van der Waals surface area contributed by atoms with E-state index in [1.54, 1.807) is 11.1 Å². The minimum Gasteiger partial charge on any atom is -0.381 e. The fourth-order valence-corrected chi connectivity index (χ4v) is 4.21. The van der Waals surface area contributed by atoms with Crippen molar-refractivity contribution in [3.05, 3.63) is 65.2 Å². The average molecular weight is 421 g/mol. The van der Waals surface area contributed by atoms with Crippen molar-refractivity contribution in [2.45, 2.75) is 20.4 Å². The van der Waals surface area contributed by atoms with Crippen molar-refractivity contribution in [1.82, 2.24) is 15.0 Å². The predicted octanol–water partition coefficient (Wildman–Crippen LogP) is 5.29. The van der Waals surface area contributed by atoms with Crippen LogP contribution in [0.4, 0.5) is 5.69 Å². The lowest BCUT2D eigenvalue weighted by molar-refractivity contribution is 0.0783. The van der Waals surface area contributed by atoms with E-state index in [-0.39, 0.29) is 5.91 Å². The Balaban J connectivity index is 1.51. The third kappa shape index (κ3) is 4.36. The molecule has 2 heterocycles. The first-order valence-corrected chi connectivity index (χ1v) is 10.7. The van der Waals surface area contributed by atoms with Crippen LogP contribution in [0.25, 0.3) is 21.7 Å². The Kier molecular flexibility index (Phi) is 5.81. The quantitative estimate of drug-likeness (QED) is 0.440. The fraction of sp³-hybridized carbons (Fsp3) is 0.261. The molecule has 0 radical (unpaired) electrons. The maximum Gasteiger partial charge on any atom is 0.265 e. The number of nitrogens with zero attached hydrogens (tertiary/aromatic N) is 3. The molecular weight excluding hydrogens is 396 g/mol. The maximum atomic E-state index is 12.6. The summed E-state index contributed by atoms with van der Waals surface area (Å²) >= 11 is 1.34.